The number of hydrogen-bond acceptors (Lipinski definition) is 2. The summed E-state index contributed by atoms with van der Waals surface area (Å²) in [6.07, 6.45) is 10.3. The molecule has 1 atom stereocenters. The number of rotatable bonds is 8. The summed E-state index contributed by atoms with van der Waals surface area (Å²) >= 11 is 0. The summed E-state index contributed by atoms with van der Waals surface area (Å²) < 4.78 is 0. The van der Waals surface area contributed by atoms with E-state index in [9.17, 15) is 4.79 Å². The van der Waals surface area contributed by atoms with Crippen LogP contribution in [0.5, 0.6) is 0 Å². The Kier molecular flexibility index (Phi) is 7.94. The SMILES string of the molecule is C=C/C=C(\C=C/C)NC(=O)c1ccc(C(N)CCCC)cc1. The van der Waals surface area contributed by atoms with Crippen LogP contribution in [0.3, 0.4) is 0 Å². The van der Waals surface area contributed by atoms with E-state index in [4.69, 9.17) is 5.73 Å². The van der Waals surface area contributed by atoms with Crippen LogP contribution in [-0.2, 0) is 0 Å². The van der Waals surface area contributed by atoms with Crippen molar-refractivity contribution in [2.24, 2.45) is 5.73 Å². The van der Waals surface area contributed by atoms with Gasteiger partial charge in [0.15, 0.2) is 0 Å². The summed E-state index contributed by atoms with van der Waals surface area (Å²) in [5.41, 5.74) is 8.54. The Morgan fingerprint density at radius 1 is 1.36 bits per heavy atom. The number of carbonyl (C=O) groups excluding carboxylic acids is 1. The number of nitrogens with one attached hydrogen (secondary N) is 1. The summed E-state index contributed by atoms with van der Waals surface area (Å²) in [4.78, 5) is 12.2. The number of carbonyl (C=O) groups is 1. The fraction of sp³-hybridized carbons (Fsp3) is 0.316. The maximum Gasteiger partial charge on any atom is 0.255 e. The minimum Gasteiger partial charge on any atom is -0.324 e. The first-order valence-corrected chi connectivity index (χ1v) is 7.74. The lowest BCUT2D eigenvalue weighted by molar-refractivity contribution is 0.0967. The lowest BCUT2D eigenvalue weighted by Gasteiger charge is -2.12. The highest BCUT2D eigenvalue weighted by atomic mass is 16.1. The predicted octanol–water partition coefficient (Wildman–Crippen LogP) is 4.25. The van der Waals surface area contributed by atoms with Crippen LogP contribution in [0, 0.1) is 0 Å². The minimum absolute atomic E-state index is 0.0382. The molecule has 0 saturated heterocycles. The fourth-order valence-electron chi connectivity index (χ4n) is 2.12. The summed E-state index contributed by atoms with van der Waals surface area (Å²) in [7, 11) is 0. The summed E-state index contributed by atoms with van der Waals surface area (Å²) in [5, 5.41) is 2.85. The van der Waals surface area contributed by atoms with E-state index in [1.54, 1.807) is 12.2 Å². The Balaban J connectivity index is 2.75. The van der Waals surface area contributed by atoms with E-state index in [1.807, 2.05) is 43.3 Å². The lowest BCUT2D eigenvalue weighted by Crippen LogP contribution is -2.22. The number of amides is 1. The molecular formula is C19H26N2O. The van der Waals surface area contributed by atoms with Crippen molar-refractivity contribution < 1.29 is 4.79 Å². The molecule has 0 aromatic heterocycles. The van der Waals surface area contributed by atoms with Crippen molar-refractivity contribution in [2.75, 3.05) is 0 Å². The molecule has 1 aromatic rings. The molecule has 0 spiro atoms. The van der Waals surface area contributed by atoms with Crippen LogP contribution in [0.4, 0.5) is 0 Å². The molecule has 0 aliphatic heterocycles. The van der Waals surface area contributed by atoms with Crippen molar-refractivity contribution in [3.05, 3.63) is 72.0 Å². The largest absolute Gasteiger partial charge is 0.324 e. The molecule has 0 radical (unpaired) electrons. The first-order valence-electron chi connectivity index (χ1n) is 7.74. The molecule has 3 heteroatoms. The zero-order valence-corrected chi connectivity index (χ0v) is 13.5. The smallest absolute Gasteiger partial charge is 0.255 e. The van der Waals surface area contributed by atoms with Gasteiger partial charge in [0, 0.05) is 17.3 Å². The van der Waals surface area contributed by atoms with Crippen LogP contribution in [0.2, 0.25) is 0 Å². The van der Waals surface area contributed by atoms with Gasteiger partial charge in [0.2, 0.25) is 0 Å². The molecule has 0 aliphatic carbocycles. The van der Waals surface area contributed by atoms with Crippen molar-refractivity contribution in [2.45, 2.75) is 39.2 Å². The Morgan fingerprint density at radius 3 is 2.59 bits per heavy atom. The summed E-state index contributed by atoms with van der Waals surface area (Å²) in [5.74, 6) is -0.139. The van der Waals surface area contributed by atoms with E-state index < -0.39 is 0 Å². The highest BCUT2D eigenvalue weighted by Crippen LogP contribution is 2.17. The van der Waals surface area contributed by atoms with Crippen molar-refractivity contribution in [1.29, 1.82) is 0 Å². The summed E-state index contributed by atoms with van der Waals surface area (Å²) in [6.45, 7) is 7.69. The van der Waals surface area contributed by atoms with Gasteiger partial charge in [-0.1, -0.05) is 50.6 Å². The first kappa shape index (κ1) is 17.9. The van der Waals surface area contributed by atoms with Gasteiger partial charge < -0.3 is 11.1 Å². The van der Waals surface area contributed by atoms with Crippen molar-refractivity contribution in [1.82, 2.24) is 5.32 Å². The average Bonchev–Trinajstić information content (AvgIpc) is 2.53. The molecular weight excluding hydrogens is 272 g/mol. The molecule has 0 fully saturated rings. The molecule has 0 heterocycles. The molecule has 1 amide bonds. The van der Waals surface area contributed by atoms with E-state index in [0.717, 1.165) is 24.8 Å². The van der Waals surface area contributed by atoms with E-state index in [1.165, 1.54) is 0 Å². The van der Waals surface area contributed by atoms with Crippen LogP contribution in [-0.4, -0.2) is 5.91 Å². The Labute approximate surface area is 133 Å². The van der Waals surface area contributed by atoms with Gasteiger partial charge in [0.25, 0.3) is 5.91 Å². The third-order valence-corrected chi connectivity index (χ3v) is 3.37. The minimum atomic E-state index is -0.139. The molecule has 1 rings (SSSR count). The Bertz CT molecular complexity index is 541. The highest BCUT2D eigenvalue weighted by molar-refractivity contribution is 5.95. The molecule has 3 nitrogen and oxygen atoms in total. The topological polar surface area (TPSA) is 55.1 Å². The third-order valence-electron chi connectivity index (χ3n) is 3.37. The number of nitrogens with two attached hydrogens (primary N) is 1. The number of benzene rings is 1. The van der Waals surface area contributed by atoms with Gasteiger partial charge in [-0.05, 0) is 43.2 Å². The highest BCUT2D eigenvalue weighted by Gasteiger charge is 2.09. The van der Waals surface area contributed by atoms with Crippen LogP contribution in [0.15, 0.2) is 60.8 Å². The van der Waals surface area contributed by atoms with Gasteiger partial charge >= 0.3 is 0 Å². The fourth-order valence-corrected chi connectivity index (χ4v) is 2.12. The zero-order valence-electron chi connectivity index (χ0n) is 13.5. The van der Waals surface area contributed by atoms with Crippen molar-refractivity contribution in [3.8, 4) is 0 Å². The van der Waals surface area contributed by atoms with Crippen LogP contribution < -0.4 is 11.1 Å². The Hall–Kier alpha value is -2.13. The number of unbranched alkanes of at least 4 members (excludes halogenated alkanes) is 1. The maximum atomic E-state index is 12.2. The maximum absolute atomic E-state index is 12.2. The molecule has 0 bridgehead atoms. The lowest BCUT2D eigenvalue weighted by atomic mass is 10.0. The monoisotopic (exact) mass is 298 g/mol. The van der Waals surface area contributed by atoms with Gasteiger partial charge in [-0.25, -0.2) is 0 Å². The first-order chi connectivity index (χ1) is 10.6. The molecule has 22 heavy (non-hydrogen) atoms. The number of allylic oxidation sites excluding steroid dienone is 4. The van der Waals surface area contributed by atoms with Gasteiger partial charge in [-0.3, -0.25) is 4.79 Å². The van der Waals surface area contributed by atoms with E-state index in [0.29, 0.717) is 11.3 Å². The predicted molar refractivity (Wildman–Crippen MR) is 93.5 cm³/mol. The van der Waals surface area contributed by atoms with Gasteiger partial charge in [0.05, 0.1) is 0 Å². The van der Waals surface area contributed by atoms with Crippen LogP contribution >= 0.6 is 0 Å². The van der Waals surface area contributed by atoms with Gasteiger partial charge in [-0.2, -0.15) is 0 Å². The third kappa shape index (κ3) is 5.70. The van der Waals surface area contributed by atoms with Crippen LogP contribution in [0.25, 0.3) is 0 Å². The number of hydrogen-bond donors (Lipinski definition) is 2. The normalized spacial score (nSPS) is 13.1. The molecule has 3 N–H and O–H groups in total. The van der Waals surface area contributed by atoms with Crippen molar-refractivity contribution in [3.63, 3.8) is 0 Å². The second-order valence-corrected chi connectivity index (χ2v) is 5.18. The second kappa shape index (κ2) is 9.74. The standard InChI is InChI=1S/C19H26N2O/c1-4-7-10-18(20)15-11-13-16(14-12-15)19(22)21-17(8-5-2)9-6-3/h5-6,8-9,11-14,18H,2,4,7,10,20H2,1,3H3,(H,21,22)/b9-6-,17-8+. The average molecular weight is 298 g/mol. The molecule has 1 unspecified atom stereocenters. The molecule has 0 saturated carbocycles. The molecule has 0 aliphatic rings. The summed E-state index contributed by atoms with van der Waals surface area (Å²) in [6, 6.07) is 7.54. The Morgan fingerprint density at radius 2 is 2.05 bits per heavy atom. The van der Waals surface area contributed by atoms with E-state index in [2.05, 4.69) is 18.8 Å². The zero-order chi connectivity index (χ0) is 16.4. The van der Waals surface area contributed by atoms with Gasteiger partial charge in [-0.15, -0.1) is 0 Å². The quantitative estimate of drug-likeness (QED) is 0.705. The van der Waals surface area contributed by atoms with E-state index >= 15 is 0 Å². The molecule has 1 aromatic carbocycles. The van der Waals surface area contributed by atoms with Gasteiger partial charge in [0.1, 0.15) is 0 Å². The van der Waals surface area contributed by atoms with Crippen molar-refractivity contribution >= 4 is 5.91 Å². The molecule has 118 valence electrons. The van der Waals surface area contributed by atoms with E-state index in [-0.39, 0.29) is 11.9 Å². The van der Waals surface area contributed by atoms with Crippen LogP contribution in [0.1, 0.15) is 55.1 Å². The second-order valence-electron chi connectivity index (χ2n) is 5.18.